The van der Waals surface area contributed by atoms with Gasteiger partial charge in [0, 0.05) is 24.4 Å². The van der Waals surface area contributed by atoms with Crippen molar-refractivity contribution in [2.24, 2.45) is 0 Å². The van der Waals surface area contributed by atoms with Crippen molar-refractivity contribution < 1.29 is 5.11 Å². The molecule has 2 atom stereocenters. The second-order valence-corrected chi connectivity index (χ2v) is 5.94. The van der Waals surface area contributed by atoms with E-state index in [1.165, 1.54) is 30.0 Å². The first kappa shape index (κ1) is 10.7. The molecule has 0 radical (unpaired) electrons. The number of fused-ring (bicyclic) bond motifs is 1. The minimum atomic E-state index is -0.334. The molecule has 16 heavy (non-hydrogen) atoms. The Morgan fingerprint density at radius 2 is 2.31 bits per heavy atom. The first-order valence-corrected chi connectivity index (χ1v) is 7.33. The van der Waals surface area contributed by atoms with Crippen LogP contribution >= 0.6 is 11.8 Å². The number of aliphatic hydroxyl groups is 1. The van der Waals surface area contributed by atoms with E-state index >= 15 is 0 Å². The average molecular weight is 238 g/mol. The van der Waals surface area contributed by atoms with Crippen molar-refractivity contribution in [1.29, 1.82) is 0 Å². The van der Waals surface area contributed by atoms with Gasteiger partial charge in [0.2, 0.25) is 0 Å². The van der Waals surface area contributed by atoms with E-state index in [1.54, 1.807) is 0 Å². The molecule has 0 spiro atoms. The lowest BCUT2D eigenvalue weighted by Crippen LogP contribution is -2.14. The minimum Gasteiger partial charge on any atom is -0.385 e. The molecule has 1 fully saturated rings. The number of hydrogen-bond donors (Lipinski definition) is 1. The third-order valence-electron chi connectivity index (χ3n) is 3.58. The van der Waals surface area contributed by atoms with E-state index in [4.69, 9.17) is 0 Å². The van der Waals surface area contributed by atoms with Gasteiger partial charge in [-0.05, 0) is 31.4 Å². The summed E-state index contributed by atoms with van der Waals surface area (Å²) < 4.78 is 2.16. The largest absolute Gasteiger partial charge is 0.385 e. The van der Waals surface area contributed by atoms with E-state index in [1.807, 2.05) is 11.8 Å². The van der Waals surface area contributed by atoms with Gasteiger partial charge in [0.05, 0.1) is 5.69 Å². The van der Waals surface area contributed by atoms with Gasteiger partial charge in [-0.15, -0.1) is 0 Å². The van der Waals surface area contributed by atoms with Crippen LogP contribution in [0.1, 0.15) is 49.2 Å². The standard InChI is InChI=1S/C12H18N2OS/c15-11-4-1-5-14-7-10(13-12(11)14)9-3-2-6-16-8-9/h7,9,11,15H,1-6,8H2. The van der Waals surface area contributed by atoms with E-state index < -0.39 is 0 Å². The molecule has 3 rings (SSSR count). The Morgan fingerprint density at radius 3 is 3.06 bits per heavy atom. The van der Waals surface area contributed by atoms with Crippen LogP contribution in [0.4, 0.5) is 0 Å². The topological polar surface area (TPSA) is 38.0 Å². The third-order valence-corrected chi connectivity index (χ3v) is 4.79. The Labute approximate surface area is 100 Å². The summed E-state index contributed by atoms with van der Waals surface area (Å²) in [6.07, 6.45) is 6.35. The Balaban J connectivity index is 1.85. The van der Waals surface area contributed by atoms with E-state index in [2.05, 4.69) is 15.7 Å². The quantitative estimate of drug-likeness (QED) is 0.816. The first-order chi connectivity index (χ1) is 7.84. The molecule has 1 saturated heterocycles. The molecule has 2 aliphatic heterocycles. The summed E-state index contributed by atoms with van der Waals surface area (Å²) in [6.45, 7) is 1.03. The highest BCUT2D eigenvalue weighted by Gasteiger charge is 2.24. The maximum Gasteiger partial charge on any atom is 0.137 e. The highest BCUT2D eigenvalue weighted by atomic mass is 32.2. The number of hydrogen-bond acceptors (Lipinski definition) is 3. The van der Waals surface area contributed by atoms with Crippen molar-refractivity contribution in [2.75, 3.05) is 11.5 Å². The summed E-state index contributed by atoms with van der Waals surface area (Å²) in [5, 5.41) is 9.88. The van der Waals surface area contributed by atoms with E-state index in [-0.39, 0.29) is 6.10 Å². The molecule has 0 bridgehead atoms. The van der Waals surface area contributed by atoms with Crippen molar-refractivity contribution in [3.8, 4) is 0 Å². The number of aryl methyl sites for hydroxylation is 1. The molecular formula is C12H18N2OS. The van der Waals surface area contributed by atoms with Crippen LogP contribution < -0.4 is 0 Å². The average Bonchev–Trinajstić information content (AvgIpc) is 2.76. The first-order valence-electron chi connectivity index (χ1n) is 6.17. The van der Waals surface area contributed by atoms with Crippen LogP contribution in [0.15, 0.2) is 6.20 Å². The van der Waals surface area contributed by atoms with Crippen molar-refractivity contribution in [3.63, 3.8) is 0 Å². The summed E-state index contributed by atoms with van der Waals surface area (Å²) in [5.74, 6) is 4.01. The minimum absolute atomic E-state index is 0.334. The van der Waals surface area contributed by atoms with Crippen molar-refractivity contribution in [1.82, 2.24) is 9.55 Å². The zero-order valence-corrected chi connectivity index (χ0v) is 10.2. The van der Waals surface area contributed by atoms with Crippen LogP contribution in [-0.2, 0) is 6.54 Å². The molecule has 2 aliphatic rings. The summed E-state index contributed by atoms with van der Waals surface area (Å²) in [7, 11) is 0. The molecule has 4 heteroatoms. The molecule has 1 aromatic heterocycles. The fourth-order valence-electron chi connectivity index (χ4n) is 2.65. The number of rotatable bonds is 1. The van der Waals surface area contributed by atoms with Gasteiger partial charge < -0.3 is 9.67 Å². The predicted molar refractivity (Wildman–Crippen MR) is 65.7 cm³/mol. The summed E-state index contributed by atoms with van der Waals surface area (Å²) in [6, 6.07) is 0. The van der Waals surface area contributed by atoms with Crippen molar-refractivity contribution >= 4 is 11.8 Å². The highest BCUT2D eigenvalue weighted by molar-refractivity contribution is 7.99. The molecular weight excluding hydrogens is 220 g/mol. The zero-order valence-electron chi connectivity index (χ0n) is 9.43. The molecule has 0 aliphatic carbocycles. The third kappa shape index (κ3) is 1.89. The summed E-state index contributed by atoms with van der Waals surface area (Å²) >= 11 is 2.03. The molecule has 1 N–H and O–H groups in total. The van der Waals surface area contributed by atoms with Gasteiger partial charge >= 0.3 is 0 Å². The number of imidazole rings is 1. The molecule has 3 heterocycles. The van der Waals surface area contributed by atoms with Crippen LogP contribution in [-0.4, -0.2) is 26.2 Å². The predicted octanol–water partition coefficient (Wildman–Crippen LogP) is 2.32. The zero-order chi connectivity index (χ0) is 11.0. The molecule has 0 aromatic carbocycles. The van der Waals surface area contributed by atoms with Crippen LogP contribution in [0.2, 0.25) is 0 Å². The lowest BCUT2D eigenvalue weighted by molar-refractivity contribution is 0.133. The lowest BCUT2D eigenvalue weighted by Gasteiger charge is -2.19. The van der Waals surface area contributed by atoms with Crippen LogP contribution in [0.25, 0.3) is 0 Å². The van der Waals surface area contributed by atoms with Gasteiger partial charge in [-0.25, -0.2) is 4.98 Å². The van der Waals surface area contributed by atoms with Crippen LogP contribution in [0.5, 0.6) is 0 Å². The molecule has 88 valence electrons. The Bertz CT molecular complexity index is 371. The van der Waals surface area contributed by atoms with Gasteiger partial charge in [0.15, 0.2) is 0 Å². The van der Waals surface area contributed by atoms with E-state index in [9.17, 15) is 5.11 Å². The van der Waals surface area contributed by atoms with E-state index in [0.717, 1.165) is 25.2 Å². The summed E-state index contributed by atoms with van der Waals surface area (Å²) in [5.41, 5.74) is 1.21. The maximum absolute atomic E-state index is 9.88. The second kappa shape index (κ2) is 4.41. The van der Waals surface area contributed by atoms with Gasteiger partial charge in [0.1, 0.15) is 11.9 Å². The van der Waals surface area contributed by atoms with Crippen molar-refractivity contribution in [2.45, 2.75) is 44.2 Å². The lowest BCUT2D eigenvalue weighted by atomic mass is 10.0. The fourth-order valence-corrected chi connectivity index (χ4v) is 3.81. The summed E-state index contributed by atoms with van der Waals surface area (Å²) in [4.78, 5) is 4.66. The molecule has 2 unspecified atom stereocenters. The molecule has 0 saturated carbocycles. The maximum atomic E-state index is 9.88. The number of nitrogens with zero attached hydrogens (tertiary/aromatic N) is 2. The Kier molecular flexibility index (Phi) is 2.94. The van der Waals surface area contributed by atoms with Gasteiger partial charge in [-0.2, -0.15) is 11.8 Å². The fraction of sp³-hybridized carbons (Fsp3) is 0.750. The van der Waals surface area contributed by atoms with E-state index in [0.29, 0.717) is 5.92 Å². The van der Waals surface area contributed by atoms with Crippen molar-refractivity contribution in [3.05, 3.63) is 17.7 Å². The van der Waals surface area contributed by atoms with Gasteiger partial charge in [0.25, 0.3) is 0 Å². The monoisotopic (exact) mass is 238 g/mol. The number of aliphatic hydroxyl groups excluding tert-OH is 1. The van der Waals surface area contributed by atoms with Gasteiger partial charge in [-0.1, -0.05) is 0 Å². The van der Waals surface area contributed by atoms with Gasteiger partial charge in [-0.3, -0.25) is 0 Å². The Hall–Kier alpha value is -0.480. The van der Waals surface area contributed by atoms with Crippen LogP contribution in [0, 0.1) is 0 Å². The highest BCUT2D eigenvalue weighted by Crippen LogP contribution is 2.33. The molecule has 1 aromatic rings. The number of thioether (sulfide) groups is 1. The second-order valence-electron chi connectivity index (χ2n) is 4.79. The normalized spacial score (nSPS) is 30.1. The molecule has 0 amide bonds. The number of aromatic nitrogens is 2. The Morgan fingerprint density at radius 1 is 1.38 bits per heavy atom. The molecule has 3 nitrogen and oxygen atoms in total. The SMILES string of the molecule is OC1CCCn2cc(C3CCCSC3)nc21. The van der Waals surface area contributed by atoms with Crippen LogP contribution in [0.3, 0.4) is 0 Å². The smallest absolute Gasteiger partial charge is 0.137 e.